The Kier molecular flexibility index (Phi) is 2.56. The Morgan fingerprint density at radius 2 is 1.80 bits per heavy atom. The predicted octanol–water partition coefficient (Wildman–Crippen LogP) is 2.52. The first-order valence-electron chi connectivity index (χ1n) is 2.89. The first-order chi connectivity index (χ1) is 4.47. The Bertz CT molecular complexity index is 283. The van der Waals surface area contributed by atoms with E-state index < -0.39 is 0 Å². The zero-order chi connectivity index (χ0) is 6.10. The zero-order valence-corrected chi connectivity index (χ0v) is 6.69. The fourth-order valence-corrected chi connectivity index (χ4v) is 1.70. The van der Waals surface area contributed by atoms with E-state index in [1.807, 2.05) is 0 Å². The van der Waals surface area contributed by atoms with Crippen molar-refractivity contribution in [1.29, 1.82) is 0 Å². The van der Waals surface area contributed by atoms with Gasteiger partial charge < -0.3 is 0 Å². The molecule has 0 N–H and O–H groups in total. The van der Waals surface area contributed by atoms with Crippen molar-refractivity contribution in [2.75, 3.05) is 0 Å². The van der Waals surface area contributed by atoms with E-state index in [1.165, 1.54) is 10.1 Å². The normalized spacial score (nSPS) is 9.20. The average molecular weight is 141 g/mol. The fourth-order valence-electron chi connectivity index (χ4n) is 0.906. The largest absolute Gasteiger partial charge is 0.144 e. The SMILES string of the molecule is [Li].c1ccc2sccc2c1. The van der Waals surface area contributed by atoms with Gasteiger partial charge in [0, 0.05) is 23.6 Å². The van der Waals surface area contributed by atoms with Crippen molar-refractivity contribution < 1.29 is 0 Å². The molecule has 1 heterocycles. The van der Waals surface area contributed by atoms with E-state index in [9.17, 15) is 0 Å². The molecule has 0 nitrogen and oxygen atoms in total. The topological polar surface area (TPSA) is 0 Å². The summed E-state index contributed by atoms with van der Waals surface area (Å²) in [5.74, 6) is 0. The van der Waals surface area contributed by atoms with Crippen LogP contribution in [0, 0.1) is 0 Å². The Labute approximate surface area is 76.1 Å². The molecule has 0 saturated carbocycles. The Hall–Kier alpha value is -0.223. The fraction of sp³-hybridized carbons (Fsp3) is 0. The molecule has 1 radical (unpaired) electrons. The number of fused-ring (bicyclic) bond motifs is 1. The van der Waals surface area contributed by atoms with Crippen LogP contribution in [-0.4, -0.2) is 18.9 Å². The smallest absolute Gasteiger partial charge is 0.0342 e. The number of rotatable bonds is 0. The molecule has 0 aliphatic heterocycles. The molecule has 0 aliphatic rings. The van der Waals surface area contributed by atoms with E-state index >= 15 is 0 Å². The van der Waals surface area contributed by atoms with Gasteiger partial charge in [0.25, 0.3) is 0 Å². The van der Waals surface area contributed by atoms with E-state index in [1.54, 1.807) is 11.3 Å². The van der Waals surface area contributed by atoms with Gasteiger partial charge in [-0.05, 0) is 22.9 Å². The predicted molar refractivity (Wildman–Crippen MR) is 47.6 cm³/mol. The van der Waals surface area contributed by atoms with Gasteiger partial charge in [0.05, 0.1) is 0 Å². The Morgan fingerprint density at radius 1 is 1.00 bits per heavy atom. The van der Waals surface area contributed by atoms with Crippen LogP contribution in [0.2, 0.25) is 0 Å². The monoisotopic (exact) mass is 141 g/mol. The van der Waals surface area contributed by atoms with Crippen molar-refractivity contribution in [3.05, 3.63) is 35.7 Å². The maximum absolute atomic E-state index is 2.14. The first kappa shape index (κ1) is 7.88. The molecule has 0 aliphatic carbocycles. The zero-order valence-electron chi connectivity index (χ0n) is 5.87. The van der Waals surface area contributed by atoms with Gasteiger partial charge in [-0.1, -0.05) is 18.2 Å². The Balaban J connectivity index is 0.000000500. The summed E-state index contributed by atoms with van der Waals surface area (Å²) < 4.78 is 1.37. The summed E-state index contributed by atoms with van der Waals surface area (Å²) in [7, 11) is 0. The molecule has 0 fully saturated rings. The number of hydrogen-bond acceptors (Lipinski definition) is 1. The van der Waals surface area contributed by atoms with Gasteiger partial charge in [0.2, 0.25) is 0 Å². The summed E-state index contributed by atoms with van der Waals surface area (Å²) in [6.45, 7) is 0. The number of thiophene rings is 1. The minimum Gasteiger partial charge on any atom is -0.144 e. The first-order valence-corrected chi connectivity index (χ1v) is 3.77. The molecule has 0 amide bonds. The summed E-state index contributed by atoms with van der Waals surface area (Å²) >= 11 is 1.79. The van der Waals surface area contributed by atoms with E-state index in [4.69, 9.17) is 0 Å². The van der Waals surface area contributed by atoms with Crippen molar-refractivity contribution in [3.63, 3.8) is 0 Å². The van der Waals surface area contributed by atoms with Crippen molar-refractivity contribution in [2.45, 2.75) is 0 Å². The third-order valence-electron chi connectivity index (χ3n) is 1.36. The molecule has 0 atom stereocenters. The summed E-state index contributed by atoms with van der Waals surface area (Å²) in [6, 6.07) is 10.5. The second-order valence-corrected chi connectivity index (χ2v) is 2.91. The van der Waals surface area contributed by atoms with Crippen LogP contribution < -0.4 is 0 Å². The van der Waals surface area contributed by atoms with Crippen LogP contribution in [-0.2, 0) is 0 Å². The molecule has 0 saturated heterocycles. The molecular formula is C8H6LiS. The molecule has 45 valence electrons. The average Bonchev–Trinajstić information content (AvgIpc) is 2.33. The van der Waals surface area contributed by atoms with Gasteiger partial charge in [-0.25, -0.2) is 0 Å². The van der Waals surface area contributed by atoms with Crippen molar-refractivity contribution in [3.8, 4) is 0 Å². The van der Waals surface area contributed by atoms with Gasteiger partial charge in [0.1, 0.15) is 0 Å². The van der Waals surface area contributed by atoms with Gasteiger partial charge in [-0.2, -0.15) is 0 Å². The van der Waals surface area contributed by atoms with Gasteiger partial charge in [-0.15, -0.1) is 11.3 Å². The minimum atomic E-state index is 0. The molecule has 0 spiro atoms. The van der Waals surface area contributed by atoms with Crippen LogP contribution in [0.4, 0.5) is 0 Å². The second kappa shape index (κ2) is 3.25. The van der Waals surface area contributed by atoms with Crippen LogP contribution in [0.25, 0.3) is 10.1 Å². The molecule has 10 heavy (non-hydrogen) atoms. The van der Waals surface area contributed by atoms with Crippen molar-refractivity contribution >= 4 is 40.3 Å². The van der Waals surface area contributed by atoms with Gasteiger partial charge in [-0.3, -0.25) is 0 Å². The standard InChI is InChI=1S/C8H6S.Li/c1-2-4-8-7(3-1)5-6-9-8;/h1-6H;. The molecule has 1 aromatic carbocycles. The van der Waals surface area contributed by atoms with Crippen LogP contribution in [0.3, 0.4) is 0 Å². The van der Waals surface area contributed by atoms with E-state index in [0.717, 1.165) is 0 Å². The molecule has 0 unspecified atom stereocenters. The van der Waals surface area contributed by atoms with E-state index in [0.29, 0.717) is 0 Å². The third kappa shape index (κ3) is 1.27. The summed E-state index contributed by atoms with van der Waals surface area (Å²) in [5, 5.41) is 3.47. The molecule has 2 rings (SSSR count). The van der Waals surface area contributed by atoms with Crippen LogP contribution >= 0.6 is 11.3 Å². The maximum Gasteiger partial charge on any atom is 0.0342 e. The van der Waals surface area contributed by atoms with E-state index in [-0.39, 0.29) is 18.9 Å². The van der Waals surface area contributed by atoms with E-state index in [2.05, 4.69) is 35.7 Å². The number of hydrogen-bond donors (Lipinski definition) is 0. The summed E-state index contributed by atoms with van der Waals surface area (Å²) in [5.41, 5.74) is 0. The second-order valence-electron chi connectivity index (χ2n) is 1.96. The van der Waals surface area contributed by atoms with Crippen molar-refractivity contribution in [2.24, 2.45) is 0 Å². The quantitative estimate of drug-likeness (QED) is 0.494. The maximum atomic E-state index is 2.14. The number of benzene rings is 1. The molecule has 2 heteroatoms. The van der Waals surface area contributed by atoms with Crippen LogP contribution in [0.1, 0.15) is 0 Å². The Morgan fingerprint density at radius 3 is 2.60 bits per heavy atom. The summed E-state index contributed by atoms with van der Waals surface area (Å²) in [6.07, 6.45) is 0. The third-order valence-corrected chi connectivity index (χ3v) is 2.26. The van der Waals surface area contributed by atoms with Crippen LogP contribution in [0.5, 0.6) is 0 Å². The minimum absolute atomic E-state index is 0. The van der Waals surface area contributed by atoms with Gasteiger partial charge in [0.15, 0.2) is 0 Å². The molecule has 1 aromatic heterocycles. The van der Waals surface area contributed by atoms with Crippen molar-refractivity contribution in [1.82, 2.24) is 0 Å². The molecule has 0 bridgehead atoms. The van der Waals surface area contributed by atoms with Crippen LogP contribution in [0.15, 0.2) is 35.7 Å². The molecular weight excluding hydrogens is 135 g/mol. The van der Waals surface area contributed by atoms with Gasteiger partial charge >= 0.3 is 0 Å². The molecule has 2 aromatic rings. The summed E-state index contributed by atoms with van der Waals surface area (Å²) in [4.78, 5) is 0.